The van der Waals surface area contributed by atoms with E-state index in [4.69, 9.17) is 5.11 Å². The van der Waals surface area contributed by atoms with Gasteiger partial charge in [0.05, 0.1) is 12.7 Å². The van der Waals surface area contributed by atoms with Crippen LogP contribution in [-0.2, 0) is 0 Å². The maximum Gasteiger partial charge on any atom is 0.0651 e. The molecule has 72 valence electrons. The molecule has 2 N–H and O–H groups in total. The van der Waals surface area contributed by atoms with Gasteiger partial charge in [0.15, 0.2) is 0 Å². The van der Waals surface area contributed by atoms with Crippen molar-refractivity contribution in [2.45, 2.75) is 33.8 Å². The predicted octanol–water partition coefficient (Wildman–Crippen LogP) is 1.58. The van der Waals surface area contributed by atoms with E-state index < -0.39 is 6.10 Å². The lowest BCUT2D eigenvalue weighted by Crippen LogP contribution is -2.33. The zero-order valence-electron chi connectivity index (χ0n) is 8.46. The monoisotopic (exact) mass is 172 g/mol. The van der Waals surface area contributed by atoms with Gasteiger partial charge in [-0.25, -0.2) is 0 Å². The molecule has 0 rings (SSSR count). The minimum Gasteiger partial charge on any atom is -0.392 e. The molecular weight excluding hydrogens is 152 g/mol. The van der Waals surface area contributed by atoms with Crippen LogP contribution >= 0.6 is 0 Å². The van der Waals surface area contributed by atoms with Gasteiger partial charge >= 0.3 is 0 Å². The van der Waals surface area contributed by atoms with Gasteiger partial charge in [-0.05, 0) is 11.0 Å². The second-order valence-corrected chi connectivity index (χ2v) is 4.42. The molecular formula is C10H20O2. The maximum absolute atomic E-state index is 9.78. The third kappa shape index (κ3) is 2.95. The first-order valence-electron chi connectivity index (χ1n) is 4.27. The molecule has 0 fully saturated rings. The highest BCUT2D eigenvalue weighted by Crippen LogP contribution is 2.28. The summed E-state index contributed by atoms with van der Waals surface area (Å²) in [5.41, 5.74) is 0.537. The highest BCUT2D eigenvalue weighted by molar-refractivity contribution is 5.03. The zero-order chi connectivity index (χ0) is 9.94. The van der Waals surface area contributed by atoms with E-state index >= 15 is 0 Å². The number of hydrogen-bond acceptors (Lipinski definition) is 2. The Kier molecular flexibility index (Phi) is 3.94. The van der Waals surface area contributed by atoms with Crippen molar-refractivity contribution in [2.24, 2.45) is 11.3 Å². The van der Waals surface area contributed by atoms with Crippen LogP contribution in [0, 0.1) is 11.3 Å². The average Bonchev–Trinajstić information content (AvgIpc) is 1.98. The number of aliphatic hydroxyl groups is 2. The van der Waals surface area contributed by atoms with Gasteiger partial charge in [-0.2, -0.15) is 0 Å². The Morgan fingerprint density at radius 1 is 1.42 bits per heavy atom. The molecule has 2 nitrogen and oxygen atoms in total. The Morgan fingerprint density at radius 2 is 1.83 bits per heavy atom. The largest absolute Gasteiger partial charge is 0.392 e. The molecule has 0 amide bonds. The Labute approximate surface area is 74.9 Å². The summed E-state index contributed by atoms with van der Waals surface area (Å²) < 4.78 is 0. The third-order valence-corrected chi connectivity index (χ3v) is 2.21. The van der Waals surface area contributed by atoms with Crippen LogP contribution in [0.5, 0.6) is 0 Å². The van der Waals surface area contributed by atoms with E-state index in [1.54, 1.807) is 0 Å². The van der Waals surface area contributed by atoms with Gasteiger partial charge in [-0.3, -0.25) is 0 Å². The van der Waals surface area contributed by atoms with Crippen molar-refractivity contribution in [2.75, 3.05) is 6.61 Å². The van der Waals surface area contributed by atoms with Crippen LogP contribution in [-0.4, -0.2) is 22.9 Å². The van der Waals surface area contributed by atoms with Gasteiger partial charge < -0.3 is 10.2 Å². The quantitative estimate of drug-likeness (QED) is 0.634. The van der Waals surface area contributed by atoms with Crippen molar-refractivity contribution in [3.63, 3.8) is 0 Å². The van der Waals surface area contributed by atoms with Crippen LogP contribution in [0.3, 0.4) is 0 Å². The molecule has 0 aromatic rings. The molecule has 0 bridgehead atoms. The Balaban J connectivity index is 4.29. The first-order chi connectivity index (χ1) is 5.30. The molecule has 0 aliphatic rings. The van der Waals surface area contributed by atoms with Crippen LogP contribution in [0.2, 0.25) is 0 Å². The molecule has 0 aromatic carbocycles. The van der Waals surface area contributed by atoms with Crippen molar-refractivity contribution < 1.29 is 10.2 Å². The summed E-state index contributed by atoms with van der Waals surface area (Å²) in [5, 5.41) is 18.6. The van der Waals surface area contributed by atoms with E-state index in [-0.39, 0.29) is 17.9 Å². The molecule has 0 spiro atoms. The van der Waals surface area contributed by atoms with Crippen LogP contribution in [0.15, 0.2) is 12.2 Å². The normalized spacial score (nSPS) is 17.2. The lowest BCUT2D eigenvalue weighted by atomic mass is 9.79. The summed E-state index contributed by atoms with van der Waals surface area (Å²) in [6.07, 6.45) is -0.447. The van der Waals surface area contributed by atoms with E-state index in [9.17, 15) is 5.11 Å². The SMILES string of the molecule is C=C(CO)C(C)C(O)C(C)(C)C. The lowest BCUT2D eigenvalue weighted by Gasteiger charge is -2.31. The number of hydrogen-bond donors (Lipinski definition) is 2. The topological polar surface area (TPSA) is 40.5 Å². The molecule has 0 saturated carbocycles. The van der Waals surface area contributed by atoms with E-state index in [1.165, 1.54) is 0 Å². The fourth-order valence-corrected chi connectivity index (χ4v) is 1.12. The molecule has 2 heteroatoms. The van der Waals surface area contributed by atoms with Gasteiger partial charge in [0.1, 0.15) is 0 Å². The van der Waals surface area contributed by atoms with Crippen LogP contribution in [0.1, 0.15) is 27.7 Å². The van der Waals surface area contributed by atoms with E-state index in [0.717, 1.165) is 0 Å². The lowest BCUT2D eigenvalue weighted by molar-refractivity contribution is 0.0272. The molecule has 0 aliphatic heterocycles. The summed E-state index contributed by atoms with van der Waals surface area (Å²) in [5.74, 6) is -0.0463. The first kappa shape index (κ1) is 11.7. The van der Waals surface area contributed by atoms with Crippen molar-refractivity contribution in [1.82, 2.24) is 0 Å². The fourth-order valence-electron chi connectivity index (χ4n) is 1.12. The standard InChI is InChI=1S/C10H20O2/c1-7(6-11)8(2)9(12)10(3,4)5/h8-9,11-12H,1,6H2,2-5H3. The van der Waals surface area contributed by atoms with E-state index in [2.05, 4.69) is 6.58 Å². The molecule has 0 heterocycles. The van der Waals surface area contributed by atoms with Crippen LogP contribution in [0.4, 0.5) is 0 Å². The van der Waals surface area contributed by atoms with Gasteiger partial charge in [0, 0.05) is 5.92 Å². The summed E-state index contributed by atoms with van der Waals surface area (Å²) in [4.78, 5) is 0. The molecule has 0 saturated heterocycles. The van der Waals surface area contributed by atoms with Crippen molar-refractivity contribution in [1.29, 1.82) is 0 Å². The predicted molar refractivity (Wildman–Crippen MR) is 50.9 cm³/mol. The summed E-state index contributed by atoms with van der Waals surface area (Å²) in [6, 6.07) is 0. The van der Waals surface area contributed by atoms with E-state index in [0.29, 0.717) is 5.57 Å². The van der Waals surface area contributed by atoms with Gasteiger partial charge in [-0.15, -0.1) is 0 Å². The molecule has 0 aromatic heterocycles. The second kappa shape index (κ2) is 4.06. The van der Waals surface area contributed by atoms with Crippen molar-refractivity contribution in [3.8, 4) is 0 Å². The molecule has 2 unspecified atom stereocenters. The second-order valence-electron chi connectivity index (χ2n) is 4.42. The smallest absolute Gasteiger partial charge is 0.0651 e. The summed E-state index contributed by atoms with van der Waals surface area (Å²) in [7, 11) is 0. The van der Waals surface area contributed by atoms with Gasteiger partial charge in [0.2, 0.25) is 0 Å². The van der Waals surface area contributed by atoms with Crippen LogP contribution in [0.25, 0.3) is 0 Å². The van der Waals surface area contributed by atoms with Gasteiger partial charge in [0.25, 0.3) is 0 Å². The minimum atomic E-state index is -0.447. The van der Waals surface area contributed by atoms with E-state index in [1.807, 2.05) is 27.7 Å². The Bertz CT molecular complexity index is 156. The average molecular weight is 172 g/mol. The maximum atomic E-state index is 9.78. The first-order valence-corrected chi connectivity index (χ1v) is 4.27. The Morgan fingerprint density at radius 3 is 2.08 bits per heavy atom. The number of rotatable bonds is 3. The third-order valence-electron chi connectivity index (χ3n) is 2.21. The highest BCUT2D eigenvalue weighted by Gasteiger charge is 2.28. The van der Waals surface area contributed by atoms with Crippen molar-refractivity contribution in [3.05, 3.63) is 12.2 Å². The summed E-state index contributed by atoms with van der Waals surface area (Å²) >= 11 is 0. The van der Waals surface area contributed by atoms with Crippen molar-refractivity contribution >= 4 is 0 Å². The number of aliphatic hydroxyl groups excluding tert-OH is 2. The van der Waals surface area contributed by atoms with Gasteiger partial charge in [-0.1, -0.05) is 34.3 Å². The molecule has 12 heavy (non-hydrogen) atoms. The molecule has 2 atom stereocenters. The minimum absolute atomic E-state index is 0.0463. The zero-order valence-corrected chi connectivity index (χ0v) is 8.46. The fraction of sp³-hybridized carbons (Fsp3) is 0.800. The highest BCUT2D eigenvalue weighted by atomic mass is 16.3. The summed E-state index contributed by atoms with van der Waals surface area (Å²) in [6.45, 7) is 11.4. The van der Waals surface area contributed by atoms with Crippen LogP contribution < -0.4 is 0 Å². The Hall–Kier alpha value is -0.340. The molecule has 0 aliphatic carbocycles. The molecule has 0 radical (unpaired) electrons.